The smallest absolute Gasteiger partial charge is 0.139 e. The van der Waals surface area contributed by atoms with E-state index in [1.165, 1.54) is 0 Å². The van der Waals surface area contributed by atoms with Crippen LogP contribution in [0, 0.1) is 5.41 Å². The maximum Gasteiger partial charge on any atom is 0.139 e. The normalized spacial score (nSPS) is 24.1. The Morgan fingerprint density at radius 3 is 2.20 bits per heavy atom. The van der Waals surface area contributed by atoms with Gasteiger partial charge in [-0.1, -0.05) is 45.2 Å². The van der Waals surface area contributed by atoms with Crippen LogP contribution < -0.4 is 5.32 Å². The van der Waals surface area contributed by atoms with Gasteiger partial charge in [-0.25, -0.2) is 0 Å². The van der Waals surface area contributed by atoms with E-state index < -0.39 is 0 Å². The largest absolute Gasteiger partial charge is 0.317 e. The fourth-order valence-corrected chi connectivity index (χ4v) is 2.43. The van der Waals surface area contributed by atoms with Crippen LogP contribution in [0.1, 0.15) is 39.0 Å². The van der Waals surface area contributed by atoms with Crippen LogP contribution in [0.15, 0.2) is 0 Å². The Balaban J connectivity index is 0.000000245. The van der Waals surface area contributed by atoms with Crippen molar-refractivity contribution in [3.63, 3.8) is 0 Å². The monoisotopic (exact) mass is 435 g/mol. The molecule has 15 heavy (non-hydrogen) atoms. The van der Waals surface area contributed by atoms with Crippen LogP contribution in [0.5, 0.6) is 0 Å². The van der Waals surface area contributed by atoms with E-state index in [-0.39, 0.29) is 5.41 Å². The first-order chi connectivity index (χ1) is 7.07. The van der Waals surface area contributed by atoms with Gasteiger partial charge in [0.05, 0.1) is 1.93 Å². The van der Waals surface area contributed by atoms with Gasteiger partial charge in [-0.2, -0.15) is 0 Å². The average Bonchev–Trinajstić information content (AvgIpc) is 2.49. The van der Waals surface area contributed by atoms with Crippen molar-refractivity contribution in [2.75, 3.05) is 13.1 Å². The second-order valence-electron chi connectivity index (χ2n) is 4.33. The number of carbonyl (C=O) groups is 1. The molecule has 0 aromatic heterocycles. The standard InChI is InChI=1S/C9H15NO.C2H4I2/c11-8-2-1-3-9(8)4-6-10-7-5-9;1-2(3)4/h10H,1-7H2;2H,1H3. The fraction of sp³-hybridized carbons (Fsp3) is 0.909. The fourth-order valence-electron chi connectivity index (χ4n) is 2.43. The highest BCUT2D eigenvalue weighted by Crippen LogP contribution is 2.41. The first kappa shape index (κ1) is 14.2. The summed E-state index contributed by atoms with van der Waals surface area (Å²) in [5, 5.41) is 3.30. The van der Waals surface area contributed by atoms with Gasteiger partial charge in [-0.3, -0.25) is 4.79 Å². The van der Waals surface area contributed by atoms with Crippen LogP contribution in [-0.4, -0.2) is 20.8 Å². The molecule has 1 spiro atoms. The van der Waals surface area contributed by atoms with Crippen LogP contribution in [-0.2, 0) is 4.79 Å². The van der Waals surface area contributed by atoms with Gasteiger partial charge in [-0.15, -0.1) is 0 Å². The first-order valence-corrected chi connectivity index (χ1v) is 8.08. The molecule has 0 aromatic rings. The van der Waals surface area contributed by atoms with Gasteiger partial charge in [0, 0.05) is 11.8 Å². The zero-order valence-electron chi connectivity index (χ0n) is 9.19. The summed E-state index contributed by atoms with van der Waals surface area (Å²) in [7, 11) is 0. The summed E-state index contributed by atoms with van der Waals surface area (Å²) in [4.78, 5) is 11.5. The van der Waals surface area contributed by atoms with Crippen molar-refractivity contribution in [1.82, 2.24) is 5.32 Å². The van der Waals surface area contributed by atoms with Gasteiger partial charge in [0.25, 0.3) is 0 Å². The minimum atomic E-state index is 0.130. The molecule has 0 radical (unpaired) electrons. The van der Waals surface area contributed by atoms with Gasteiger partial charge in [0.15, 0.2) is 0 Å². The lowest BCUT2D eigenvalue weighted by molar-refractivity contribution is -0.127. The first-order valence-electron chi connectivity index (χ1n) is 5.59. The maximum absolute atomic E-state index is 11.5. The predicted molar refractivity (Wildman–Crippen MR) is 80.9 cm³/mol. The summed E-state index contributed by atoms with van der Waals surface area (Å²) in [6.07, 6.45) is 5.32. The number of alkyl halides is 2. The minimum absolute atomic E-state index is 0.130. The topological polar surface area (TPSA) is 29.1 Å². The molecule has 0 bridgehead atoms. The number of nitrogens with one attached hydrogen (secondary N) is 1. The molecular formula is C11H19I2NO. The van der Waals surface area contributed by atoms with E-state index in [4.69, 9.17) is 0 Å². The van der Waals surface area contributed by atoms with E-state index in [1.54, 1.807) is 0 Å². The predicted octanol–water partition coefficient (Wildman–Crippen LogP) is 3.31. The molecule has 2 fully saturated rings. The second kappa shape index (κ2) is 6.74. The zero-order valence-corrected chi connectivity index (χ0v) is 13.5. The third-order valence-corrected chi connectivity index (χ3v) is 3.21. The average molecular weight is 435 g/mol. The number of rotatable bonds is 0. The van der Waals surface area contributed by atoms with Crippen molar-refractivity contribution in [3.8, 4) is 0 Å². The second-order valence-corrected chi connectivity index (χ2v) is 10.4. The number of piperidine rings is 1. The van der Waals surface area contributed by atoms with Crippen molar-refractivity contribution >= 4 is 51.0 Å². The van der Waals surface area contributed by atoms with E-state index in [1.807, 2.05) is 0 Å². The van der Waals surface area contributed by atoms with Gasteiger partial charge < -0.3 is 5.32 Å². The highest BCUT2D eigenvalue weighted by Gasteiger charge is 2.41. The maximum atomic E-state index is 11.5. The van der Waals surface area contributed by atoms with E-state index in [0.29, 0.717) is 5.78 Å². The molecule has 4 heteroatoms. The lowest BCUT2D eigenvalue weighted by Gasteiger charge is -2.31. The van der Waals surface area contributed by atoms with Crippen LogP contribution in [0.4, 0.5) is 0 Å². The molecule has 0 unspecified atom stereocenters. The lowest BCUT2D eigenvalue weighted by Crippen LogP contribution is -2.39. The zero-order chi connectivity index (χ0) is 11.3. The van der Waals surface area contributed by atoms with Crippen molar-refractivity contribution in [3.05, 3.63) is 0 Å². The highest BCUT2D eigenvalue weighted by molar-refractivity contribution is 14.2. The highest BCUT2D eigenvalue weighted by atomic mass is 127. The van der Waals surface area contributed by atoms with Crippen LogP contribution in [0.25, 0.3) is 0 Å². The molecular weight excluding hydrogens is 416 g/mol. The number of carbonyl (C=O) groups excluding carboxylic acids is 1. The van der Waals surface area contributed by atoms with Gasteiger partial charge in [0.1, 0.15) is 5.78 Å². The van der Waals surface area contributed by atoms with Crippen LogP contribution in [0.3, 0.4) is 0 Å². The lowest BCUT2D eigenvalue weighted by atomic mass is 9.77. The Morgan fingerprint density at radius 1 is 1.27 bits per heavy atom. The summed E-state index contributed by atoms with van der Waals surface area (Å²) in [6.45, 7) is 4.23. The minimum Gasteiger partial charge on any atom is -0.317 e. The van der Waals surface area contributed by atoms with Crippen molar-refractivity contribution < 1.29 is 4.79 Å². The number of Topliss-reactive ketones (excluding diaryl/α,β-unsaturated/α-hetero) is 1. The Labute approximate surface area is 120 Å². The molecule has 2 nitrogen and oxygen atoms in total. The van der Waals surface area contributed by atoms with Gasteiger partial charge >= 0.3 is 0 Å². The molecule has 0 aromatic carbocycles. The van der Waals surface area contributed by atoms with E-state index >= 15 is 0 Å². The third-order valence-electron chi connectivity index (χ3n) is 3.21. The summed E-state index contributed by atoms with van der Waals surface area (Å²) in [5.74, 6) is 0.541. The number of hydrogen-bond donors (Lipinski definition) is 1. The molecule has 2 rings (SSSR count). The van der Waals surface area contributed by atoms with Gasteiger partial charge in [0.2, 0.25) is 0 Å². The Morgan fingerprint density at radius 2 is 1.80 bits per heavy atom. The van der Waals surface area contributed by atoms with E-state index in [9.17, 15) is 4.79 Å². The van der Waals surface area contributed by atoms with Crippen molar-refractivity contribution in [2.45, 2.75) is 41.0 Å². The Bertz CT molecular complexity index is 210. The quantitative estimate of drug-likeness (QED) is 0.468. The van der Waals surface area contributed by atoms with E-state index in [0.717, 1.165) is 47.1 Å². The summed E-state index contributed by atoms with van der Waals surface area (Å²) in [5.41, 5.74) is 0.130. The van der Waals surface area contributed by atoms with E-state index in [2.05, 4.69) is 57.4 Å². The molecule has 1 heterocycles. The van der Waals surface area contributed by atoms with Crippen LogP contribution >= 0.6 is 45.2 Å². The molecule has 1 aliphatic heterocycles. The molecule has 88 valence electrons. The summed E-state index contributed by atoms with van der Waals surface area (Å²) in [6, 6.07) is 0. The third kappa shape index (κ3) is 4.46. The number of ketones is 1. The number of halogens is 2. The molecule has 0 amide bonds. The van der Waals surface area contributed by atoms with Crippen molar-refractivity contribution in [2.24, 2.45) is 5.41 Å². The summed E-state index contributed by atoms with van der Waals surface area (Å²) >= 11 is 4.66. The Hall–Kier alpha value is 1.09. The molecule has 1 saturated carbocycles. The number of hydrogen-bond acceptors (Lipinski definition) is 2. The van der Waals surface area contributed by atoms with Gasteiger partial charge in [-0.05, 0) is 45.7 Å². The Kier molecular flexibility index (Phi) is 6.35. The summed E-state index contributed by atoms with van der Waals surface area (Å²) < 4.78 is 0.773. The molecule has 1 aliphatic carbocycles. The SMILES string of the molecule is CC(I)I.O=C1CCCC12CCNCC2. The molecule has 1 saturated heterocycles. The molecule has 2 aliphatic rings. The molecule has 1 N–H and O–H groups in total. The molecule has 0 atom stereocenters. The van der Waals surface area contributed by atoms with Crippen LogP contribution in [0.2, 0.25) is 0 Å². The van der Waals surface area contributed by atoms with Crippen molar-refractivity contribution in [1.29, 1.82) is 0 Å².